The fourth-order valence-electron chi connectivity index (χ4n) is 5.15. The molecule has 2 atom stereocenters. The summed E-state index contributed by atoms with van der Waals surface area (Å²) in [7, 11) is -1.59. The predicted molar refractivity (Wildman–Crippen MR) is 153 cm³/mol. The zero-order chi connectivity index (χ0) is 31.0. The molecule has 1 aliphatic rings. The van der Waals surface area contributed by atoms with Crippen molar-refractivity contribution in [3.8, 4) is 0 Å². The molecule has 1 saturated carbocycles. The minimum atomic E-state index is -2.16. The second-order valence-electron chi connectivity index (χ2n) is 10.5. The van der Waals surface area contributed by atoms with E-state index in [-0.39, 0.29) is 17.1 Å². The number of halogens is 2. The zero-order valence-corrected chi connectivity index (χ0v) is 23.4. The largest absolute Gasteiger partial charge is 0.491 e. The van der Waals surface area contributed by atoms with Gasteiger partial charge in [-0.25, -0.2) is 8.78 Å². The first-order valence-electron chi connectivity index (χ1n) is 14.0. The Bertz CT molecular complexity index is 1260. The summed E-state index contributed by atoms with van der Waals surface area (Å²) in [5.74, 6) is -4.26. The molecule has 7 N–H and O–H groups in total. The van der Waals surface area contributed by atoms with Crippen molar-refractivity contribution in [3.63, 3.8) is 0 Å². The van der Waals surface area contributed by atoms with Crippen LogP contribution < -0.4 is 22.0 Å². The lowest BCUT2D eigenvalue weighted by molar-refractivity contribution is -0.129. The third-order valence-electron chi connectivity index (χ3n) is 7.64. The maximum absolute atomic E-state index is 15.1. The van der Waals surface area contributed by atoms with E-state index < -0.39 is 72.1 Å². The van der Waals surface area contributed by atoms with E-state index in [2.05, 4.69) is 5.32 Å². The van der Waals surface area contributed by atoms with E-state index in [1.54, 1.807) is 0 Å². The molecule has 2 aromatic rings. The van der Waals surface area contributed by atoms with Crippen LogP contribution in [-0.4, -0.2) is 88.1 Å². The minimum absolute atomic E-state index is 0.133. The van der Waals surface area contributed by atoms with E-state index in [9.17, 15) is 33.9 Å². The van der Waals surface area contributed by atoms with Gasteiger partial charge in [0.1, 0.15) is 17.7 Å². The summed E-state index contributed by atoms with van der Waals surface area (Å²) in [5, 5.41) is 41.4. The number of hydrogen-bond donors (Lipinski definition) is 6. The van der Waals surface area contributed by atoms with Crippen molar-refractivity contribution in [3.05, 3.63) is 59.2 Å². The molecule has 0 heterocycles. The van der Waals surface area contributed by atoms with Crippen LogP contribution in [0.25, 0.3) is 0 Å². The van der Waals surface area contributed by atoms with Crippen molar-refractivity contribution in [2.24, 2.45) is 5.73 Å². The molecule has 42 heavy (non-hydrogen) atoms. The van der Waals surface area contributed by atoms with Crippen LogP contribution in [0, 0.1) is 11.6 Å². The molecule has 1 aliphatic carbocycles. The lowest BCUT2D eigenvalue weighted by atomic mass is 9.79. The molecule has 2 amide bonds. The molecule has 14 heteroatoms. The number of unbranched alkanes of at least 4 members (excludes halogenated alkanes) is 1. The SMILES string of the molecule is CCCC[C@H](N)[C@@H](O)C(=O)CN(C(=O)c1cccc(B(O)O)c1F)C1CCC(NC(=O)c2cccc([B]O)c2F)CC1. The Kier molecular flexibility index (Phi) is 12.2. The molecule has 0 aromatic heterocycles. The summed E-state index contributed by atoms with van der Waals surface area (Å²) < 4.78 is 29.6. The van der Waals surface area contributed by atoms with Crippen LogP contribution in [0.1, 0.15) is 72.6 Å². The van der Waals surface area contributed by atoms with E-state index in [1.807, 2.05) is 6.92 Å². The Balaban J connectivity index is 1.78. The van der Waals surface area contributed by atoms with Crippen molar-refractivity contribution >= 4 is 43.1 Å². The Labute approximate surface area is 244 Å². The van der Waals surface area contributed by atoms with E-state index >= 15 is 4.39 Å². The number of nitrogens with two attached hydrogens (primary N) is 1. The van der Waals surface area contributed by atoms with Crippen molar-refractivity contribution in [1.82, 2.24) is 10.2 Å². The Morgan fingerprint density at radius 3 is 2.33 bits per heavy atom. The van der Waals surface area contributed by atoms with E-state index in [1.165, 1.54) is 30.3 Å². The topological polar surface area (TPSA) is 173 Å². The van der Waals surface area contributed by atoms with Gasteiger partial charge in [-0.15, -0.1) is 0 Å². The van der Waals surface area contributed by atoms with Gasteiger partial charge in [-0.05, 0) is 49.7 Å². The van der Waals surface area contributed by atoms with Gasteiger partial charge in [-0.2, -0.15) is 0 Å². The molecule has 0 aliphatic heterocycles. The smallest absolute Gasteiger partial charge is 0.450 e. The van der Waals surface area contributed by atoms with E-state index in [0.29, 0.717) is 46.0 Å². The number of benzene rings is 2. The average molecular weight is 586 g/mol. The fraction of sp³-hybridized carbons (Fsp3) is 0.464. The summed E-state index contributed by atoms with van der Waals surface area (Å²) in [5.41, 5.74) is 4.65. The number of rotatable bonds is 13. The third kappa shape index (κ3) is 8.01. The Morgan fingerprint density at radius 2 is 1.71 bits per heavy atom. The monoisotopic (exact) mass is 586 g/mol. The number of nitrogens with zero attached hydrogens (tertiary/aromatic N) is 1. The van der Waals surface area contributed by atoms with Crippen LogP contribution in [0.5, 0.6) is 0 Å². The molecule has 0 saturated heterocycles. The first kappa shape index (κ1) is 33.3. The quantitative estimate of drug-likeness (QED) is 0.171. The molecule has 0 spiro atoms. The summed E-state index contributed by atoms with van der Waals surface area (Å²) >= 11 is 0. The summed E-state index contributed by atoms with van der Waals surface area (Å²) in [4.78, 5) is 40.5. The summed E-state index contributed by atoms with van der Waals surface area (Å²) in [6.45, 7) is 1.38. The Hall–Kier alpha value is -3.16. The number of ketones is 1. The van der Waals surface area contributed by atoms with Crippen LogP contribution in [0.2, 0.25) is 0 Å². The predicted octanol–water partition coefficient (Wildman–Crippen LogP) is -0.488. The number of aliphatic hydroxyl groups is 1. The van der Waals surface area contributed by atoms with Crippen molar-refractivity contribution in [2.75, 3.05) is 6.54 Å². The summed E-state index contributed by atoms with van der Waals surface area (Å²) in [6, 6.07) is 5.80. The maximum Gasteiger partial charge on any atom is 0.491 e. The number of carbonyl (C=O) groups excluding carboxylic acids is 3. The number of nitrogens with one attached hydrogen (secondary N) is 1. The number of hydrogen-bond acceptors (Lipinski definition) is 8. The lowest BCUT2D eigenvalue weighted by Crippen LogP contribution is -2.52. The molecule has 10 nitrogen and oxygen atoms in total. The van der Waals surface area contributed by atoms with Gasteiger partial charge < -0.3 is 36.1 Å². The Morgan fingerprint density at radius 1 is 1.07 bits per heavy atom. The maximum atomic E-state index is 15.1. The normalized spacial score (nSPS) is 18.1. The number of Topliss-reactive ketones (excluding diaryl/α,β-unsaturated/α-hetero) is 1. The van der Waals surface area contributed by atoms with E-state index in [0.717, 1.165) is 17.4 Å². The standard InChI is InChI=1S/C28H36B2F2N3O7/c1-2-3-10-22(33)26(37)23(36)15-35(28(39)19-7-5-9-21(25(19)32)30(41)42)17-13-11-16(12-14-17)34-27(38)18-6-4-8-20(29-40)24(18)31/h4-9,16-17,22,26,37,40-42H,2-3,10-15,33H2,1H3,(H,34,38)/t16?,17?,22-,26+/m0/s1. The van der Waals surface area contributed by atoms with Crippen LogP contribution in [0.15, 0.2) is 36.4 Å². The molecule has 0 bridgehead atoms. The van der Waals surface area contributed by atoms with Gasteiger partial charge in [0.15, 0.2) is 5.78 Å². The first-order chi connectivity index (χ1) is 20.0. The van der Waals surface area contributed by atoms with Crippen LogP contribution in [-0.2, 0) is 4.79 Å². The molecule has 1 radical (unpaired) electrons. The minimum Gasteiger partial charge on any atom is -0.450 e. The first-order valence-corrected chi connectivity index (χ1v) is 14.0. The summed E-state index contributed by atoms with van der Waals surface area (Å²) in [6.07, 6.45) is 1.63. The third-order valence-corrected chi connectivity index (χ3v) is 7.64. The highest BCUT2D eigenvalue weighted by atomic mass is 19.1. The van der Waals surface area contributed by atoms with Gasteiger partial charge in [0.05, 0.1) is 17.7 Å². The molecular weight excluding hydrogens is 550 g/mol. The number of carbonyl (C=O) groups is 3. The highest BCUT2D eigenvalue weighted by Gasteiger charge is 2.35. The second kappa shape index (κ2) is 15.4. The highest BCUT2D eigenvalue weighted by molar-refractivity contribution is 6.58. The van der Waals surface area contributed by atoms with Crippen LogP contribution >= 0.6 is 0 Å². The molecule has 1 fully saturated rings. The van der Waals surface area contributed by atoms with Gasteiger partial charge >= 0.3 is 14.6 Å². The molecule has 3 rings (SSSR count). The molecule has 2 aromatic carbocycles. The van der Waals surface area contributed by atoms with Gasteiger partial charge in [0, 0.05) is 23.6 Å². The van der Waals surface area contributed by atoms with Gasteiger partial charge in [-0.1, -0.05) is 44.0 Å². The molecular formula is C28H36B2F2N3O7. The highest BCUT2D eigenvalue weighted by Crippen LogP contribution is 2.26. The van der Waals surface area contributed by atoms with E-state index in [4.69, 9.17) is 10.8 Å². The van der Waals surface area contributed by atoms with Gasteiger partial charge in [0.2, 0.25) is 0 Å². The van der Waals surface area contributed by atoms with Crippen molar-refractivity contribution in [2.45, 2.75) is 76.1 Å². The number of aliphatic hydroxyl groups excluding tert-OH is 1. The molecule has 0 unspecified atom stereocenters. The van der Waals surface area contributed by atoms with Crippen LogP contribution in [0.4, 0.5) is 8.78 Å². The van der Waals surface area contributed by atoms with Gasteiger partial charge in [0.25, 0.3) is 11.8 Å². The average Bonchev–Trinajstić information content (AvgIpc) is 2.98. The number of amides is 2. The zero-order valence-electron chi connectivity index (χ0n) is 23.4. The van der Waals surface area contributed by atoms with Crippen LogP contribution in [0.3, 0.4) is 0 Å². The molecule has 225 valence electrons. The second-order valence-corrected chi connectivity index (χ2v) is 10.5. The van der Waals surface area contributed by atoms with Gasteiger partial charge in [-0.3, -0.25) is 14.4 Å². The fourth-order valence-corrected chi connectivity index (χ4v) is 5.15. The van der Waals surface area contributed by atoms with Crippen molar-refractivity contribution < 1.29 is 43.3 Å². The lowest BCUT2D eigenvalue weighted by Gasteiger charge is -2.37. The van der Waals surface area contributed by atoms with Crippen molar-refractivity contribution in [1.29, 1.82) is 0 Å².